The van der Waals surface area contributed by atoms with Gasteiger partial charge < -0.3 is 9.88 Å². The Bertz CT molecular complexity index is 483. The molecule has 2 aromatic rings. The van der Waals surface area contributed by atoms with Crippen molar-refractivity contribution in [3.63, 3.8) is 0 Å². The van der Waals surface area contributed by atoms with Gasteiger partial charge in [-0.3, -0.25) is 4.68 Å². The molecule has 0 aliphatic rings. The van der Waals surface area contributed by atoms with Crippen molar-refractivity contribution in [2.45, 2.75) is 32.9 Å². The van der Waals surface area contributed by atoms with Crippen LogP contribution in [0.3, 0.4) is 0 Å². The number of hydrogen-bond acceptors (Lipinski definition) is 2. The molecule has 0 bridgehead atoms. The second-order valence-electron chi connectivity index (χ2n) is 4.82. The number of aromatic nitrogens is 3. The summed E-state index contributed by atoms with van der Waals surface area (Å²) >= 11 is 0. The monoisotopic (exact) mass is 246 g/mol. The minimum atomic E-state index is 0.417. The molecule has 0 aliphatic carbocycles. The number of aryl methyl sites for hydroxylation is 1. The minimum Gasteiger partial charge on any atom is -0.349 e. The molecule has 1 N–H and O–H groups in total. The first-order valence-corrected chi connectivity index (χ1v) is 6.55. The van der Waals surface area contributed by atoms with Gasteiger partial charge in [0.1, 0.15) is 0 Å². The van der Waals surface area contributed by atoms with E-state index in [1.54, 1.807) is 0 Å². The van der Waals surface area contributed by atoms with Crippen molar-refractivity contribution < 1.29 is 0 Å². The summed E-state index contributed by atoms with van der Waals surface area (Å²) in [4.78, 5) is 0. The van der Waals surface area contributed by atoms with Crippen LogP contribution in [0.15, 0.2) is 30.9 Å². The van der Waals surface area contributed by atoms with Gasteiger partial charge in [0.15, 0.2) is 0 Å². The van der Waals surface area contributed by atoms with Gasteiger partial charge in [0.25, 0.3) is 0 Å². The Morgan fingerprint density at radius 3 is 2.89 bits per heavy atom. The van der Waals surface area contributed by atoms with Crippen molar-refractivity contribution in [1.82, 2.24) is 19.7 Å². The summed E-state index contributed by atoms with van der Waals surface area (Å²) in [5, 5.41) is 7.69. The lowest BCUT2D eigenvalue weighted by Gasteiger charge is -2.11. The van der Waals surface area contributed by atoms with E-state index < -0.39 is 0 Å². The third-order valence-corrected chi connectivity index (χ3v) is 3.10. The molecule has 98 valence electrons. The zero-order chi connectivity index (χ0) is 13.0. The van der Waals surface area contributed by atoms with Gasteiger partial charge in [-0.2, -0.15) is 5.10 Å². The maximum atomic E-state index is 4.19. The highest BCUT2D eigenvalue weighted by Crippen LogP contribution is 2.13. The molecule has 2 heterocycles. The molecular weight excluding hydrogens is 224 g/mol. The zero-order valence-electron chi connectivity index (χ0n) is 11.4. The topological polar surface area (TPSA) is 34.8 Å². The average molecular weight is 246 g/mol. The van der Waals surface area contributed by atoms with E-state index in [1.807, 2.05) is 17.9 Å². The molecule has 0 aliphatic heterocycles. The third kappa shape index (κ3) is 3.23. The molecule has 1 unspecified atom stereocenters. The SMILES string of the molecule is CCCNC(C)c1ccn(Cc2cnn(C)c2)c1. The molecule has 0 spiro atoms. The second-order valence-corrected chi connectivity index (χ2v) is 4.82. The van der Waals surface area contributed by atoms with Crippen molar-refractivity contribution in [1.29, 1.82) is 0 Å². The van der Waals surface area contributed by atoms with Gasteiger partial charge in [0, 0.05) is 37.2 Å². The van der Waals surface area contributed by atoms with Crippen LogP contribution in [0.4, 0.5) is 0 Å². The van der Waals surface area contributed by atoms with E-state index in [4.69, 9.17) is 0 Å². The predicted octanol–water partition coefficient (Wildman–Crippen LogP) is 2.33. The summed E-state index contributed by atoms with van der Waals surface area (Å²) in [6, 6.07) is 2.60. The highest BCUT2D eigenvalue weighted by atomic mass is 15.2. The Kier molecular flexibility index (Phi) is 4.20. The summed E-state index contributed by atoms with van der Waals surface area (Å²) in [6.45, 7) is 6.34. The van der Waals surface area contributed by atoms with Crippen LogP contribution in [-0.2, 0) is 13.6 Å². The quantitative estimate of drug-likeness (QED) is 0.849. The zero-order valence-corrected chi connectivity index (χ0v) is 11.4. The lowest BCUT2D eigenvalue weighted by Crippen LogP contribution is -2.18. The Hall–Kier alpha value is -1.55. The molecule has 0 saturated carbocycles. The van der Waals surface area contributed by atoms with Crippen molar-refractivity contribution in [2.75, 3.05) is 6.54 Å². The standard InChI is InChI=1S/C14H22N4/c1-4-6-15-12(2)14-5-7-18(11-14)10-13-8-16-17(3)9-13/h5,7-9,11-12,15H,4,6,10H2,1-3H3. The maximum Gasteiger partial charge on any atom is 0.0539 e. The first-order valence-electron chi connectivity index (χ1n) is 6.55. The number of nitrogens with one attached hydrogen (secondary N) is 1. The van der Waals surface area contributed by atoms with Crippen molar-refractivity contribution in [3.8, 4) is 0 Å². The normalized spacial score (nSPS) is 12.8. The number of hydrogen-bond donors (Lipinski definition) is 1. The summed E-state index contributed by atoms with van der Waals surface area (Å²) in [5.74, 6) is 0. The fourth-order valence-electron chi connectivity index (χ4n) is 2.06. The van der Waals surface area contributed by atoms with Gasteiger partial charge in [-0.05, 0) is 31.5 Å². The molecule has 0 fully saturated rings. The Morgan fingerprint density at radius 1 is 1.39 bits per heavy atom. The average Bonchev–Trinajstić information content (AvgIpc) is 2.96. The molecule has 0 aromatic carbocycles. The van der Waals surface area contributed by atoms with Crippen LogP contribution in [0.1, 0.15) is 37.4 Å². The van der Waals surface area contributed by atoms with Gasteiger partial charge in [0.05, 0.1) is 12.7 Å². The first kappa shape index (κ1) is 12.9. The lowest BCUT2D eigenvalue weighted by molar-refractivity contribution is 0.569. The molecule has 0 radical (unpaired) electrons. The Labute approximate surface area is 109 Å². The van der Waals surface area contributed by atoms with Crippen molar-refractivity contribution >= 4 is 0 Å². The Morgan fingerprint density at radius 2 is 2.22 bits per heavy atom. The molecule has 4 heteroatoms. The molecular formula is C14H22N4. The molecule has 4 nitrogen and oxygen atoms in total. The van der Waals surface area contributed by atoms with Gasteiger partial charge in [-0.15, -0.1) is 0 Å². The van der Waals surface area contributed by atoms with Gasteiger partial charge >= 0.3 is 0 Å². The smallest absolute Gasteiger partial charge is 0.0539 e. The molecule has 2 aromatic heterocycles. The lowest BCUT2D eigenvalue weighted by atomic mass is 10.2. The molecule has 0 amide bonds. The number of nitrogens with zero attached hydrogens (tertiary/aromatic N) is 3. The maximum absolute atomic E-state index is 4.19. The third-order valence-electron chi connectivity index (χ3n) is 3.10. The summed E-state index contributed by atoms with van der Waals surface area (Å²) in [5.41, 5.74) is 2.57. The van der Waals surface area contributed by atoms with Gasteiger partial charge in [-0.1, -0.05) is 6.92 Å². The van der Waals surface area contributed by atoms with E-state index in [0.29, 0.717) is 6.04 Å². The van der Waals surface area contributed by atoms with Crippen LogP contribution in [0.5, 0.6) is 0 Å². The van der Waals surface area contributed by atoms with Crippen LogP contribution in [0.2, 0.25) is 0 Å². The predicted molar refractivity (Wildman–Crippen MR) is 73.5 cm³/mol. The van der Waals surface area contributed by atoms with Crippen LogP contribution in [0.25, 0.3) is 0 Å². The van der Waals surface area contributed by atoms with Crippen LogP contribution in [0, 0.1) is 0 Å². The van der Waals surface area contributed by atoms with E-state index in [1.165, 1.54) is 17.5 Å². The van der Waals surface area contributed by atoms with Crippen LogP contribution in [-0.4, -0.2) is 20.9 Å². The molecule has 0 saturated heterocycles. The van der Waals surface area contributed by atoms with Crippen LogP contribution < -0.4 is 5.32 Å². The van der Waals surface area contributed by atoms with Crippen molar-refractivity contribution in [2.24, 2.45) is 7.05 Å². The minimum absolute atomic E-state index is 0.417. The fourth-order valence-corrected chi connectivity index (χ4v) is 2.06. The molecule has 18 heavy (non-hydrogen) atoms. The largest absolute Gasteiger partial charge is 0.349 e. The van der Waals surface area contributed by atoms with E-state index in [9.17, 15) is 0 Å². The summed E-state index contributed by atoms with van der Waals surface area (Å²) < 4.78 is 4.04. The summed E-state index contributed by atoms with van der Waals surface area (Å²) in [6.07, 6.45) is 9.48. The highest BCUT2D eigenvalue weighted by molar-refractivity contribution is 5.16. The highest BCUT2D eigenvalue weighted by Gasteiger charge is 2.06. The van der Waals surface area contributed by atoms with Crippen LogP contribution >= 0.6 is 0 Å². The fraction of sp³-hybridized carbons (Fsp3) is 0.500. The second kappa shape index (κ2) is 5.87. The summed E-state index contributed by atoms with van der Waals surface area (Å²) in [7, 11) is 1.95. The van der Waals surface area contributed by atoms with Crippen molar-refractivity contribution in [3.05, 3.63) is 42.0 Å². The van der Waals surface area contributed by atoms with E-state index in [0.717, 1.165) is 13.1 Å². The van der Waals surface area contributed by atoms with Gasteiger partial charge in [-0.25, -0.2) is 0 Å². The first-order chi connectivity index (χ1) is 8.69. The number of rotatable bonds is 6. The Balaban J connectivity index is 1.97. The van der Waals surface area contributed by atoms with E-state index in [2.05, 4.69) is 53.5 Å². The molecule has 1 atom stereocenters. The van der Waals surface area contributed by atoms with Gasteiger partial charge in [0.2, 0.25) is 0 Å². The molecule has 2 rings (SSSR count). The van der Waals surface area contributed by atoms with E-state index >= 15 is 0 Å². The van der Waals surface area contributed by atoms with E-state index in [-0.39, 0.29) is 0 Å².